The van der Waals surface area contributed by atoms with Gasteiger partial charge in [-0.15, -0.1) is 0 Å². The van der Waals surface area contributed by atoms with Crippen molar-refractivity contribution in [3.05, 3.63) is 29.3 Å². The first kappa shape index (κ1) is 31.0. The molecule has 2 N–H and O–H groups in total. The standard InChI is InChI=1S/C30H50N2O6/c1-4-5-6-10-30-11-13-32(3)28(24(30)2)22-25-7-8-26(23-27(25)30)38-29(33)9-14-34-16-18-36-20-21-37-19-17-35-15-12-31/h7-8,23-24,28H,4-6,9-22,31H2,1-3H3. The molecule has 0 radical (unpaired) electrons. The Hall–Kier alpha value is -1.55. The number of carbonyl (C=O) groups excluding carboxylic acids is 1. The second-order valence-electron chi connectivity index (χ2n) is 10.7. The summed E-state index contributed by atoms with van der Waals surface area (Å²) in [5, 5.41) is 0. The normalized spacial score (nSPS) is 22.8. The molecule has 1 heterocycles. The molecule has 1 aromatic rings. The first-order valence-electron chi connectivity index (χ1n) is 14.6. The molecule has 8 heteroatoms. The number of hydrogen-bond acceptors (Lipinski definition) is 8. The van der Waals surface area contributed by atoms with Gasteiger partial charge in [0.25, 0.3) is 0 Å². The topological polar surface area (TPSA) is 92.5 Å². The van der Waals surface area contributed by atoms with Crippen LogP contribution in [0.2, 0.25) is 0 Å². The molecule has 1 fully saturated rings. The number of carbonyl (C=O) groups is 1. The van der Waals surface area contributed by atoms with E-state index in [0.717, 1.165) is 13.0 Å². The van der Waals surface area contributed by atoms with E-state index in [1.165, 1.54) is 43.2 Å². The minimum Gasteiger partial charge on any atom is -0.426 e. The van der Waals surface area contributed by atoms with Gasteiger partial charge in [-0.05, 0) is 62.0 Å². The van der Waals surface area contributed by atoms with Gasteiger partial charge >= 0.3 is 5.97 Å². The number of nitrogens with zero attached hydrogens (tertiary/aromatic N) is 1. The Kier molecular flexibility index (Phi) is 13.5. The van der Waals surface area contributed by atoms with Gasteiger partial charge in [-0.1, -0.05) is 39.2 Å². The summed E-state index contributed by atoms with van der Waals surface area (Å²) in [4.78, 5) is 15.1. The van der Waals surface area contributed by atoms with Crippen LogP contribution in [-0.2, 0) is 35.6 Å². The summed E-state index contributed by atoms with van der Waals surface area (Å²) in [6.45, 7) is 10.2. The van der Waals surface area contributed by atoms with E-state index in [-0.39, 0.29) is 17.8 Å². The van der Waals surface area contributed by atoms with Gasteiger partial charge in [0.05, 0.1) is 59.3 Å². The maximum Gasteiger partial charge on any atom is 0.313 e. The highest BCUT2D eigenvalue weighted by molar-refractivity contribution is 5.72. The highest BCUT2D eigenvalue weighted by Gasteiger charge is 2.49. The van der Waals surface area contributed by atoms with Crippen LogP contribution in [0.4, 0.5) is 0 Å². The van der Waals surface area contributed by atoms with Crippen molar-refractivity contribution in [1.82, 2.24) is 4.90 Å². The average Bonchev–Trinajstić information content (AvgIpc) is 2.91. The van der Waals surface area contributed by atoms with Crippen LogP contribution in [0, 0.1) is 5.92 Å². The van der Waals surface area contributed by atoms with E-state index in [1.807, 2.05) is 6.07 Å². The van der Waals surface area contributed by atoms with Crippen LogP contribution in [0.25, 0.3) is 0 Å². The second-order valence-corrected chi connectivity index (χ2v) is 10.7. The molecule has 3 rings (SSSR count). The number of hydrogen-bond donors (Lipinski definition) is 1. The molecular formula is C30H50N2O6. The van der Waals surface area contributed by atoms with E-state index in [4.69, 9.17) is 29.4 Å². The van der Waals surface area contributed by atoms with Gasteiger partial charge in [0.15, 0.2) is 0 Å². The molecule has 0 saturated carbocycles. The van der Waals surface area contributed by atoms with E-state index in [1.54, 1.807) is 0 Å². The van der Waals surface area contributed by atoms with Crippen molar-refractivity contribution >= 4 is 5.97 Å². The number of likely N-dealkylation sites (N-methyl/N-ethyl adjacent to an activating group) is 1. The summed E-state index contributed by atoms with van der Waals surface area (Å²) in [5.41, 5.74) is 8.36. The van der Waals surface area contributed by atoms with Crippen LogP contribution in [0.1, 0.15) is 63.5 Å². The molecule has 3 unspecified atom stereocenters. The molecule has 2 aliphatic rings. The van der Waals surface area contributed by atoms with Crippen molar-refractivity contribution < 1.29 is 28.5 Å². The number of nitrogens with two attached hydrogens (primary N) is 1. The molecule has 8 nitrogen and oxygen atoms in total. The molecule has 1 aliphatic heterocycles. The quantitative estimate of drug-likeness (QED) is 0.163. The summed E-state index contributed by atoms with van der Waals surface area (Å²) in [6.07, 6.45) is 7.41. The Labute approximate surface area is 229 Å². The van der Waals surface area contributed by atoms with Crippen LogP contribution < -0.4 is 10.5 Å². The third kappa shape index (κ3) is 8.73. The lowest BCUT2D eigenvalue weighted by atomic mass is 9.56. The molecule has 1 aromatic carbocycles. The van der Waals surface area contributed by atoms with Gasteiger partial charge in [0.2, 0.25) is 0 Å². The third-order valence-electron chi connectivity index (χ3n) is 8.26. The molecule has 1 saturated heterocycles. The molecule has 38 heavy (non-hydrogen) atoms. The van der Waals surface area contributed by atoms with Crippen molar-refractivity contribution in [2.45, 2.75) is 70.3 Å². The van der Waals surface area contributed by atoms with Crippen molar-refractivity contribution in [2.24, 2.45) is 11.7 Å². The van der Waals surface area contributed by atoms with Crippen LogP contribution in [0.15, 0.2) is 18.2 Å². The lowest BCUT2D eigenvalue weighted by Crippen LogP contribution is -2.57. The Morgan fingerprint density at radius 3 is 2.32 bits per heavy atom. The van der Waals surface area contributed by atoms with Gasteiger partial charge in [-0.2, -0.15) is 0 Å². The van der Waals surface area contributed by atoms with E-state index >= 15 is 0 Å². The van der Waals surface area contributed by atoms with Crippen LogP contribution in [0.3, 0.4) is 0 Å². The molecule has 2 bridgehead atoms. The zero-order valence-electron chi connectivity index (χ0n) is 23.9. The van der Waals surface area contributed by atoms with E-state index < -0.39 is 0 Å². The van der Waals surface area contributed by atoms with E-state index in [2.05, 4.69) is 37.9 Å². The summed E-state index contributed by atoms with van der Waals surface area (Å²) in [5.74, 6) is 0.986. The first-order valence-corrected chi connectivity index (χ1v) is 14.6. The summed E-state index contributed by atoms with van der Waals surface area (Å²) >= 11 is 0. The maximum absolute atomic E-state index is 12.5. The van der Waals surface area contributed by atoms with Crippen LogP contribution >= 0.6 is 0 Å². The fraction of sp³-hybridized carbons (Fsp3) is 0.767. The van der Waals surface area contributed by atoms with Gasteiger partial charge in [-0.25, -0.2) is 0 Å². The zero-order chi connectivity index (χ0) is 27.2. The second kappa shape index (κ2) is 16.5. The van der Waals surface area contributed by atoms with Gasteiger partial charge < -0.3 is 34.3 Å². The summed E-state index contributed by atoms with van der Waals surface area (Å²) in [6, 6.07) is 6.90. The van der Waals surface area contributed by atoms with E-state index in [9.17, 15) is 4.79 Å². The predicted molar refractivity (Wildman–Crippen MR) is 149 cm³/mol. The number of benzene rings is 1. The third-order valence-corrected chi connectivity index (χ3v) is 8.26. The van der Waals surface area contributed by atoms with Crippen molar-refractivity contribution in [2.75, 3.05) is 73.0 Å². The Morgan fingerprint density at radius 2 is 1.66 bits per heavy atom. The smallest absolute Gasteiger partial charge is 0.313 e. The average molecular weight is 535 g/mol. The minimum absolute atomic E-state index is 0.175. The minimum atomic E-state index is -0.263. The molecule has 0 aromatic heterocycles. The van der Waals surface area contributed by atoms with E-state index in [0.29, 0.717) is 77.1 Å². The molecule has 1 aliphatic carbocycles. The predicted octanol–water partition coefficient (Wildman–Crippen LogP) is 3.72. The highest BCUT2D eigenvalue weighted by Crippen LogP contribution is 2.52. The fourth-order valence-corrected chi connectivity index (χ4v) is 6.08. The number of fused-ring (bicyclic) bond motifs is 4. The van der Waals surface area contributed by atoms with Gasteiger partial charge in [0.1, 0.15) is 5.75 Å². The largest absolute Gasteiger partial charge is 0.426 e. The first-order chi connectivity index (χ1) is 18.5. The molecule has 0 amide bonds. The Morgan fingerprint density at radius 1 is 1.00 bits per heavy atom. The fourth-order valence-electron chi connectivity index (χ4n) is 6.08. The Balaban J connectivity index is 1.40. The Bertz CT molecular complexity index is 837. The lowest BCUT2D eigenvalue weighted by Gasteiger charge is -2.55. The molecular weight excluding hydrogens is 484 g/mol. The molecule has 0 spiro atoms. The van der Waals surface area contributed by atoms with Crippen molar-refractivity contribution in [3.8, 4) is 5.75 Å². The molecule has 216 valence electrons. The number of unbranched alkanes of at least 4 members (excludes halogenated alkanes) is 2. The SMILES string of the molecule is CCCCCC12CCN(C)C(Cc3ccc(OC(=O)CCOCCOCCOCCOCCN)cc31)C2C. The van der Waals surface area contributed by atoms with Gasteiger partial charge in [-0.3, -0.25) is 4.79 Å². The molecule has 3 atom stereocenters. The van der Waals surface area contributed by atoms with Crippen molar-refractivity contribution in [1.29, 1.82) is 0 Å². The maximum atomic E-state index is 12.5. The number of rotatable bonds is 19. The highest BCUT2D eigenvalue weighted by atomic mass is 16.6. The lowest BCUT2D eigenvalue weighted by molar-refractivity contribution is -0.135. The number of ether oxygens (including phenoxy) is 5. The summed E-state index contributed by atoms with van der Waals surface area (Å²) in [7, 11) is 2.27. The zero-order valence-corrected chi connectivity index (χ0v) is 23.9. The number of piperidine rings is 1. The van der Waals surface area contributed by atoms with Crippen LogP contribution in [0.5, 0.6) is 5.75 Å². The summed E-state index contributed by atoms with van der Waals surface area (Å²) < 4.78 is 27.4. The number of esters is 1. The number of likely N-dealkylation sites (tertiary alicyclic amines) is 1. The monoisotopic (exact) mass is 534 g/mol. The van der Waals surface area contributed by atoms with Crippen molar-refractivity contribution in [3.63, 3.8) is 0 Å². The van der Waals surface area contributed by atoms with Crippen LogP contribution in [-0.4, -0.2) is 89.9 Å². The van der Waals surface area contributed by atoms with Gasteiger partial charge in [0, 0.05) is 18.0 Å².